The normalized spacial score (nSPS) is 10.4. The first-order chi connectivity index (χ1) is 5.79. The Morgan fingerprint density at radius 1 is 1.17 bits per heavy atom. The summed E-state index contributed by atoms with van der Waals surface area (Å²) in [5.41, 5.74) is 1.05. The van der Waals surface area contributed by atoms with Gasteiger partial charge in [-0.25, -0.2) is 0 Å². The molecule has 0 saturated heterocycles. The molecule has 0 fully saturated rings. The fraction of sp³-hybridized carbons (Fsp3) is 0. The summed E-state index contributed by atoms with van der Waals surface area (Å²) in [7, 11) is 0. The zero-order valence-electron chi connectivity index (χ0n) is 6.08. The van der Waals surface area contributed by atoms with Crippen LogP contribution in [0.4, 0.5) is 0 Å². The molecular formula is C9H5ClS2. The minimum atomic E-state index is 0.709. The van der Waals surface area contributed by atoms with Crippen LogP contribution < -0.4 is 0 Å². The van der Waals surface area contributed by atoms with Crippen LogP contribution in [-0.4, -0.2) is 0 Å². The van der Waals surface area contributed by atoms with Crippen molar-refractivity contribution in [3.8, 4) is 10.4 Å². The van der Waals surface area contributed by atoms with Crippen molar-refractivity contribution in [2.45, 2.75) is 0 Å². The maximum atomic E-state index is 6.01. The van der Waals surface area contributed by atoms with Gasteiger partial charge in [0, 0.05) is 10.4 Å². The van der Waals surface area contributed by atoms with E-state index in [1.807, 2.05) is 30.3 Å². The Morgan fingerprint density at radius 3 is 2.75 bits per heavy atom. The van der Waals surface area contributed by atoms with E-state index >= 15 is 0 Å². The molecule has 3 heteroatoms. The maximum absolute atomic E-state index is 6.01. The zero-order valence-corrected chi connectivity index (χ0v) is 8.47. The lowest BCUT2D eigenvalue weighted by Crippen LogP contribution is -1.62. The van der Waals surface area contributed by atoms with E-state index in [2.05, 4.69) is 0 Å². The van der Waals surface area contributed by atoms with Crippen LogP contribution in [0.15, 0.2) is 30.3 Å². The highest BCUT2D eigenvalue weighted by atomic mass is 35.5. The molecule has 0 radical (unpaired) electrons. The molecule has 0 bridgehead atoms. The molecule has 2 aliphatic rings. The van der Waals surface area contributed by atoms with Gasteiger partial charge in [-0.15, -0.1) is 11.3 Å². The van der Waals surface area contributed by atoms with Gasteiger partial charge in [0.1, 0.15) is 3.82 Å². The molecule has 12 heavy (non-hydrogen) atoms. The summed E-state index contributed by atoms with van der Waals surface area (Å²) in [4.78, 5) is 1.15. The molecular weight excluding hydrogens is 208 g/mol. The minimum absolute atomic E-state index is 0.709. The molecule has 0 spiro atoms. The van der Waals surface area contributed by atoms with Crippen LogP contribution in [0.1, 0.15) is 0 Å². The number of fused-ring (bicyclic) bond motifs is 1. The lowest BCUT2D eigenvalue weighted by atomic mass is 10.2. The van der Waals surface area contributed by atoms with Crippen LogP contribution in [-0.2, 0) is 0 Å². The number of rotatable bonds is 0. The molecule has 1 aliphatic carbocycles. The highest BCUT2D eigenvalue weighted by Crippen LogP contribution is 2.36. The average molecular weight is 213 g/mol. The van der Waals surface area contributed by atoms with Gasteiger partial charge < -0.3 is 0 Å². The summed E-state index contributed by atoms with van der Waals surface area (Å²) in [6.45, 7) is 0. The van der Waals surface area contributed by atoms with Crippen LogP contribution in [0.25, 0.3) is 10.4 Å². The quantitative estimate of drug-likeness (QED) is 0.589. The Labute approximate surface area is 84.8 Å². The van der Waals surface area contributed by atoms with Crippen LogP contribution in [0.2, 0.25) is 5.02 Å². The molecule has 0 N–H and O–H groups in total. The second kappa shape index (κ2) is 3.13. The first kappa shape index (κ1) is 8.17. The van der Waals surface area contributed by atoms with Crippen LogP contribution >= 0.6 is 35.2 Å². The Balaban J connectivity index is 2.88. The van der Waals surface area contributed by atoms with Crippen molar-refractivity contribution in [3.63, 3.8) is 0 Å². The number of halogens is 1. The van der Waals surface area contributed by atoms with Crippen LogP contribution in [0.5, 0.6) is 0 Å². The van der Waals surface area contributed by atoms with Crippen LogP contribution in [0, 0.1) is 3.82 Å². The third-order valence-corrected chi connectivity index (χ3v) is 3.65. The summed E-state index contributed by atoms with van der Waals surface area (Å²) in [6.07, 6.45) is 0. The fourth-order valence-electron chi connectivity index (χ4n) is 1.06. The molecule has 0 aromatic heterocycles. The SMILES string of the molecule is S=c1sc2cccccc-2c1Cl. The Bertz CT molecular complexity index is 433. The van der Waals surface area contributed by atoms with E-state index in [9.17, 15) is 0 Å². The lowest BCUT2D eigenvalue weighted by Gasteiger charge is -1.87. The molecule has 0 amide bonds. The van der Waals surface area contributed by atoms with E-state index in [4.69, 9.17) is 23.8 Å². The molecule has 0 aromatic rings. The predicted octanol–water partition coefficient (Wildman–Crippen LogP) is 4.24. The molecule has 0 unspecified atom stereocenters. The minimum Gasteiger partial charge on any atom is -0.122 e. The Hall–Kier alpha value is -0.440. The van der Waals surface area contributed by atoms with Gasteiger partial charge in [-0.05, 0) is 6.07 Å². The largest absolute Gasteiger partial charge is 0.122 e. The topological polar surface area (TPSA) is 0 Å². The second-order valence-electron chi connectivity index (χ2n) is 2.39. The fourth-order valence-corrected chi connectivity index (χ4v) is 2.60. The predicted molar refractivity (Wildman–Crippen MR) is 56.8 cm³/mol. The molecule has 1 aliphatic heterocycles. The molecule has 2 rings (SSSR count). The summed E-state index contributed by atoms with van der Waals surface area (Å²) in [6, 6.07) is 9.96. The van der Waals surface area contributed by atoms with Crippen molar-refractivity contribution in [2.24, 2.45) is 0 Å². The smallest absolute Gasteiger partial charge is 0.110 e. The highest BCUT2D eigenvalue weighted by molar-refractivity contribution is 7.74. The van der Waals surface area contributed by atoms with Crippen molar-refractivity contribution in [3.05, 3.63) is 39.2 Å². The van der Waals surface area contributed by atoms with Crippen molar-refractivity contribution < 1.29 is 0 Å². The highest BCUT2D eigenvalue weighted by Gasteiger charge is 2.08. The molecule has 0 saturated carbocycles. The average Bonchev–Trinajstić information content (AvgIpc) is 2.30. The zero-order chi connectivity index (χ0) is 8.55. The van der Waals surface area contributed by atoms with Crippen LogP contribution in [0.3, 0.4) is 0 Å². The monoisotopic (exact) mass is 212 g/mol. The molecule has 1 heterocycles. The van der Waals surface area contributed by atoms with Gasteiger partial charge >= 0.3 is 0 Å². The summed E-state index contributed by atoms with van der Waals surface area (Å²) in [5.74, 6) is 0. The lowest BCUT2D eigenvalue weighted by molar-refractivity contribution is 1.84. The summed E-state index contributed by atoms with van der Waals surface area (Å²) in [5, 5.41) is 0.709. The third-order valence-electron chi connectivity index (χ3n) is 1.62. The molecule has 0 aromatic carbocycles. The van der Waals surface area contributed by atoms with E-state index in [0.29, 0.717) is 5.02 Å². The number of thiophene rings is 1. The Morgan fingerprint density at radius 2 is 1.92 bits per heavy atom. The number of hydrogen-bond donors (Lipinski definition) is 0. The third kappa shape index (κ3) is 1.26. The molecule has 60 valence electrons. The Kier molecular flexibility index (Phi) is 2.13. The van der Waals surface area contributed by atoms with Gasteiger partial charge in [-0.1, -0.05) is 48.1 Å². The first-order valence-electron chi connectivity index (χ1n) is 3.46. The van der Waals surface area contributed by atoms with Crippen molar-refractivity contribution in [1.29, 1.82) is 0 Å². The van der Waals surface area contributed by atoms with Gasteiger partial charge in [0.15, 0.2) is 0 Å². The van der Waals surface area contributed by atoms with Crippen molar-refractivity contribution in [2.75, 3.05) is 0 Å². The van der Waals surface area contributed by atoms with Gasteiger partial charge in [0.2, 0.25) is 0 Å². The van der Waals surface area contributed by atoms with E-state index in [-0.39, 0.29) is 0 Å². The van der Waals surface area contributed by atoms with Gasteiger partial charge in [-0.2, -0.15) is 0 Å². The standard InChI is InChI=1S/C9H5ClS2/c10-8-6-4-2-1-3-5-7(6)12-9(8)11/h1-5H. The molecule has 0 atom stereocenters. The summed E-state index contributed by atoms with van der Waals surface area (Å²) >= 11 is 12.6. The maximum Gasteiger partial charge on any atom is 0.110 e. The van der Waals surface area contributed by atoms with E-state index in [0.717, 1.165) is 14.3 Å². The second-order valence-corrected chi connectivity index (χ2v) is 4.49. The molecule has 0 nitrogen and oxygen atoms in total. The van der Waals surface area contributed by atoms with Gasteiger partial charge in [0.05, 0.1) is 5.02 Å². The first-order valence-corrected chi connectivity index (χ1v) is 5.06. The van der Waals surface area contributed by atoms with Gasteiger partial charge in [0.25, 0.3) is 0 Å². The summed E-state index contributed by atoms with van der Waals surface area (Å²) < 4.78 is 0.776. The van der Waals surface area contributed by atoms with E-state index in [1.54, 1.807) is 11.3 Å². The number of hydrogen-bond acceptors (Lipinski definition) is 2. The van der Waals surface area contributed by atoms with Gasteiger partial charge in [-0.3, -0.25) is 0 Å². The van der Waals surface area contributed by atoms with E-state index in [1.165, 1.54) is 0 Å². The van der Waals surface area contributed by atoms with Crippen molar-refractivity contribution >= 4 is 35.2 Å². The van der Waals surface area contributed by atoms with Crippen molar-refractivity contribution in [1.82, 2.24) is 0 Å². The van der Waals surface area contributed by atoms with E-state index < -0.39 is 0 Å².